The molecule has 2 fully saturated rings. The third-order valence-corrected chi connectivity index (χ3v) is 6.43. The van der Waals surface area contributed by atoms with Crippen molar-refractivity contribution in [2.45, 2.75) is 44.7 Å². The van der Waals surface area contributed by atoms with Crippen molar-refractivity contribution in [3.8, 4) is 0 Å². The van der Waals surface area contributed by atoms with Gasteiger partial charge in [0.15, 0.2) is 5.65 Å². The Morgan fingerprint density at radius 2 is 1.94 bits per heavy atom. The molecule has 1 amide bonds. The van der Waals surface area contributed by atoms with E-state index in [9.17, 15) is 13.6 Å². The number of nitrogens with two attached hydrogens (primary N) is 1. The zero-order chi connectivity index (χ0) is 22.4. The van der Waals surface area contributed by atoms with Gasteiger partial charge in [0.25, 0.3) is 5.91 Å². The highest BCUT2D eigenvalue weighted by atomic mass is 19.1. The molecule has 32 heavy (non-hydrogen) atoms. The molecular weight excluding hydrogens is 414 g/mol. The summed E-state index contributed by atoms with van der Waals surface area (Å²) in [5.74, 6) is -1.44. The van der Waals surface area contributed by atoms with Gasteiger partial charge >= 0.3 is 0 Å². The minimum atomic E-state index is -0.847. The summed E-state index contributed by atoms with van der Waals surface area (Å²) in [7, 11) is 0. The lowest BCUT2D eigenvalue weighted by molar-refractivity contribution is 0.0595. The fourth-order valence-corrected chi connectivity index (χ4v) is 4.81. The second-order valence-electron chi connectivity index (χ2n) is 8.72. The molecule has 2 atom stereocenters. The number of carbonyl (C=O) groups is 1. The van der Waals surface area contributed by atoms with Crippen molar-refractivity contribution in [2.75, 3.05) is 24.5 Å². The van der Waals surface area contributed by atoms with Crippen molar-refractivity contribution in [3.63, 3.8) is 0 Å². The molecule has 7 nitrogen and oxygen atoms in total. The van der Waals surface area contributed by atoms with Crippen LogP contribution >= 0.6 is 0 Å². The SMILES string of the molecule is Cc1cn2nc([C@@H]3CCCCN3C(=O)c3c(F)cccc3F)cc2nc1N1CC[C@H](N)C1. The number of carbonyl (C=O) groups excluding carboxylic acids is 1. The number of fused-ring (bicyclic) bond motifs is 1. The summed E-state index contributed by atoms with van der Waals surface area (Å²) in [5, 5.41) is 4.68. The normalized spacial score (nSPS) is 21.5. The van der Waals surface area contributed by atoms with Crippen molar-refractivity contribution < 1.29 is 13.6 Å². The van der Waals surface area contributed by atoms with Gasteiger partial charge in [0.05, 0.1) is 11.7 Å². The van der Waals surface area contributed by atoms with Crippen LogP contribution in [0.25, 0.3) is 5.65 Å². The van der Waals surface area contributed by atoms with Crippen LogP contribution in [0.15, 0.2) is 30.5 Å². The number of nitrogens with zero attached hydrogens (tertiary/aromatic N) is 5. The van der Waals surface area contributed by atoms with Crippen LogP contribution in [0.4, 0.5) is 14.6 Å². The molecule has 0 saturated carbocycles. The minimum Gasteiger partial charge on any atom is -0.355 e. The number of hydrogen-bond donors (Lipinski definition) is 1. The zero-order valence-corrected chi connectivity index (χ0v) is 18.0. The first-order valence-electron chi connectivity index (χ1n) is 11.0. The zero-order valence-electron chi connectivity index (χ0n) is 18.0. The van der Waals surface area contributed by atoms with Crippen LogP contribution < -0.4 is 10.6 Å². The topological polar surface area (TPSA) is 79.8 Å². The molecule has 168 valence electrons. The van der Waals surface area contributed by atoms with Gasteiger partial charge in [0, 0.05) is 43.5 Å². The van der Waals surface area contributed by atoms with E-state index in [1.54, 1.807) is 9.42 Å². The van der Waals surface area contributed by atoms with Crippen LogP contribution in [-0.2, 0) is 0 Å². The molecule has 1 aromatic carbocycles. The fourth-order valence-electron chi connectivity index (χ4n) is 4.81. The standard InChI is InChI=1S/C23H26F2N6O/c1-14-12-31-20(27-22(14)29-10-8-15(26)13-29)11-18(28-31)19-7-2-3-9-30(19)23(32)21-16(24)5-4-6-17(21)25/h4-6,11-12,15,19H,2-3,7-10,13,26H2,1H3/t15-,19-/m0/s1. The van der Waals surface area contributed by atoms with Gasteiger partial charge in [-0.15, -0.1) is 0 Å². The third-order valence-electron chi connectivity index (χ3n) is 6.43. The quantitative estimate of drug-likeness (QED) is 0.677. The van der Waals surface area contributed by atoms with Gasteiger partial charge in [-0.05, 0) is 44.7 Å². The van der Waals surface area contributed by atoms with Gasteiger partial charge < -0.3 is 15.5 Å². The number of aromatic nitrogens is 3. The summed E-state index contributed by atoms with van der Waals surface area (Å²) in [4.78, 5) is 21.7. The Labute approximate surface area is 184 Å². The smallest absolute Gasteiger partial charge is 0.260 e. The van der Waals surface area contributed by atoms with E-state index in [0.717, 1.165) is 55.9 Å². The average Bonchev–Trinajstić information content (AvgIpc) is 3.38. The second kappa shape index (κ2) is 8.12. The van der Waals surface area contributed by atoms with Crippen molar-refractivity contribution in [1.29, 1.82) is 0 Å². The largest absolute Gasteiger partial charge is 0.355 e. The van der Waals surface area contributed by atoms with Crippen molar-refractivity contribution >= 4 is 17.4 Å². The third kappa shape index (κ3) is 3.60. The van der Waals surface area contributed by atoms with E-state index >= 15 is 0 Å². The molecular formula is C23H26F2N6O. The summed E-state index contributed by atoms with van der Waals surface area (Å²) >= 11 is 0. The predicted octanol–water partition coefficient (Wildman–Crippen LogP) is 3.22. The van der Waals surface area contributed by atoms with E-state index in [0.29, 0.717) is 24.3 Å². The number of rotatable bonds is 3. The first-order valence-corrected chi connectivity index (χ1v) is 11.0. The lowest BCUT2D eigenvalue weighted by Gasteiger charge is -2.34. The minimum absolute atomic E-state index is 0.147. The average molecular weight is 440 g/mol. The van der Waals surface area contributed by atoms with Crippen LogP contribution in [0, 0.1) is 18.6 Å². The molecule has 2 saturated heterocycles. The molecule has 0 radical (unpaired) electrons. The molecule has 2 aliphatic heterocycles. The van der Waals surface area contributed by atoms with Crippen molar-refractivity contribution in [2.24, 2.45) is 5.73 Å². The van der Waals surface area contributed by atoms with Crippen molar-refractivity contribution in [1.82, 2.24) is 19.5 Å². The summed E-state index contributed by atoms with van der Waals surface area (Å²) < 4.78 is 30.3. The molecule has 2 aliphatic rings. The Hall–Kier alpha value is -3.07. The Bertz CT molecular complexity index is 1160. The van der Waals surface area contributed by atoms with Crippen LogP contribution in [0.2, 0.25) is 0 Å². The molecule has 0 unspecified atom stereocenters. The number of piperidine rings is 1. The maximum atomic E-state index is 14.3. The van der Waals surface area contributed by atoms with E-state index in [1.807, 2.05) is 19.2 Å². The first kappa shape index (κ1) is 20.8. The number of amides is 1. The highest BCUT2D eigenvalue weighted by Crippen LogP contribution is 2.33. The molecule has 2 N–H and O–H groups in total. The highest BCUT2D eigenvalue weighted by Gasteiger charge is 2.33. The molecule has 5 rings (SSSR count). The second-order valence-corrected chi connectivity index (χ2v) is 8.72. The van der Waals surface area contributed by atoms with Crippen LogP contribution in [0.5, 0.6) is 0 Å². The number of benzene rings is 1. The van der Waals surface area contributed by atoms with Crippen LogP contribution in [0.3, 0.4) is 0 Å². The molecule has 3 aromatic rings. The number of aryl methyl sites for hydroxylation is 1. The number of anilines is 1. The highest BCUT2D eigenvalue weighted by molar-refractivity contribution is 5.95. The van der Waals surface area contributed by atoms with Gasteiger partial charge in [-0.25, -0.2) is 18.3 Å². The predicted molar refractivity (Wildman–Crippen MR) is 117 cm³/mol. The molecule has 9 heteroatoms. The number of hydrogen-bond acceptors (Lipinski definition) is 5. The summed E-state index contributed by atoms with van der Waals surface area (Å²) in [6.45, 7) is 4.05. The summed E-state index contributed by atoms with van der Waals surface area (Å²) in [6.07, 6.45) is 5.23. The number of halogens is 2. The molecule has 0 bridgehead atoms. The van der Waals surface area contributed by atoms with Crippen LogP contribution in [0.1, 0.15) is 53.3 Å². The first-order chi connectivity index (χ1) is 15.4. The van der Waals surface area contributed by atoms with Crippen molar-refractivity contribution in [3.05, 3.63) is 58.9 Å². The Kier molecular flexibility index (Phi) is 5.28. The number of likely N-dealkylation sites (tertiary alicyclic amines) is 1. The van der Waals surface area contributed by atoms with Gasteiger partial charge in [0.2, 0.25) is 0 Å². The molecule has 2 aromatic heterocycles. The van der Waals surface area contributed by atoms with E-state index < -0.39 is 23.1 Å². The monoisotopic (exact) mass is 440 g/mol. The molecule has 0 spiro atoms. The maximum absolute atomic E-state index is 14.3. The lowest BCUT2D eigenvalue weighted by Crippen LogP contribution is -2.39. The van der Waals surface area contributed by atoms with E-state index in [2.05, 4.69) is 10.00 Å². The van der Waals surface area contributed by atoms with Gasteiger partial charge in [-0.1, -0.05) is 6.07 Å². The molecule has 0 aliphatic carbocycles. The van der Waals surface area contributed by atoms with Gasteiger partial charge in [0.1, 0.15) is 23.0 Å². The van der Waals surface area contributed by atoms with Gasteiger partial charge in [-0.3, -0.25) is 4.79 Å². The Balaban J connectivity index is 1.49. The lowest BCUT2D eigenvalue weighted by atomic mass is 9.98. The van der Waals surface area contributed by atoms with E-state index in [4.69, 9.17) is 10.7 Å². The van der Waals surface area contributed by atoms with Gasteiger partial charge in [-0.2, -0.15) is 5.10 Å². The summed E-state index contributed by atoms with van der Waals surface area (Å²) in [5.41, 5.74) is 7.90. The Morgan fingerprint density at radius 3 is 2.66 bits per heavy atom. The van der Waals surface area contributed by atoms with E-state index in [1.165, 1.54) is 6.07 Å². The van der Waals surface area contributed by atoms with E-state index in [-0.39, 0.29) is 12.1 Å². The summed E-state index contributed by atoms with van der Waals surface area (Å²) in [6, 6.07) is 5.13. The van der Waals surface area contributed by atoms with Crippen LogP contribution in [-0.4, -0.2) is 51.1 Å². The maximum Gasteiger partial charge on any atom is 0.260 e. The fraction of sp³-hybridized carbons (Fsp3) is 0.435. The Morgan fingerprint density at radius 1 is 1.16 bits per heavy atom. The molecule has 4 heterocycles.